The summed E-state index contributed by atoms with van der Waals surface area (Å²) in [5.74, 6) is -0.429. The smallest absolute Gasteiger partial charge is 0.339 e. The van der Waals surface area contributed by atoms with Crippen LogP contribution in [0.5, 0.6) is 0 Å². The van der Waals surface area contributed by atoms with Crippen molar-refractivity contribution in [2.75, 3.05) is 12.4 Å². The third kappa shape index (κ3) is 3.13. The summed E-state index contributed by atoms with van der Waals surface area (Å²) in [6.45, 7) is 3.74. The summed E-state index contributed by atoms with van der Waals surface area (Å²) in [6, 6.07) is 7.51. The number of nitrogens with zero attached hydrogens (tertiary/aromatic N) is 1. The lowest BCUT2D eigenvalue weighted by atomic mass is 10.0. The van der Waals surface area contributed by atoms with Crippen LogP contribution in [0.3, 0.4) is 0 Å². The maximum Gasteiger partial charge on any atom is 0.339 e. The molecule has 0 saturated carbocycles. The molecule has 0 atom stereocenters. The van der Waals surface area contributed by atoms with Crippen LogP contribution in [0, 0.1) is 6.92 Å². The summed E-state index contributed by atoms with van der Waals surface area (Å²) in [6.07, 6.45) is 1.39. The number of methoxy groups -OCH3 is 1. The number of aromatic amines is 2. The Labute approximate surface area is 144 Å². The molecule has 1 amide bonds. The number of amides is 1. The summed E-state index contributed by atoms with van der Waals surface area (Å²) in [5.41, 5.74) is 3.68. The number of benzene rings is 1. The summed E-state index contributed by atoms with van der Waals surface area (Å²) in [7, 11) is 1.33. The van der Waals surface area contributed by atoms with E-state index in [1.54, 1.807) is 6.92 Å². The monoisotopic (exact) mass is 340 g/mol. The zero-order valence-electron chi connectivity index (χ0n) is 14.4. The Morgan fingerprint density at radius 3 is 2.68 bits per heavy atom. The van der Waals surface area contributed by atoms with Gasteiger partial charge in [-0.1, -0.05) is 25.5 Å². The van der Waals surface area contributed by atoms with Crippen LogP contribution >= 0.6 is 0 Å². The van der Waals surface area contributed by atoms with E-state index in [0.29, 0.717) is 34.9 Å². The molecule has 3 rings (SSSR count). The average molecular weight is 340 g/mol. The summed E-state index contributed by atoms with van der Waals surface area (Å²) in [5, 5.41) is 2.75. The molecule has 0 bridgehead atoms. The second-order valence-electron chi connectivity index (χ2n) is 5.78. The summed E-state index contributed by atoms with van der Waals surface area (Å²) < 4.78 is 4.85. The molecule has 0 saturated heterocycles. The minimum absolute atomic E-state index is 0.347. The predicted octanol–water partition coefficient (Wildman–Crippen LogP) is 3.19. The molecule has 7 nitrogen and oxygen atoms in total. The number of hydrogen-bond acceptors (Lipinski definition) is 4. The number of fused-ring (bicyclic) bond motifs is 1. The number of hydrogen-bond donors (Lipinski definition) is 3. The first-order chi connectivity index (χ1) is 12.0. The van der Waals surface area contributed by atoms with Gasteiger partial charge in [0, 0.05) is 5.69 Å². The Morgan fingerprint density at radius 2 is 2.00 bits per heavy atom. The lowest BCUT2D eigenvalue weighted by Crippen LogP contribution is -2.16. The molecule has 1 aromatic carbocycles. The van der Waals surface area contributed by atoms with Crippen molar-refractivity contribution in [3.8, 4) is 0 Å². The number of H-pyrrole nitrogens is 2. The Morgan fingerprint density at radius 1 is 1.24 bits per heavy atom. The van der Waals surface area contributed by atoms with E-state index < -0.39 is 5.97 Å². The van der Waals surface area contributed by atoms with Gasteiger partial charge in [-0.15, -0.1) is 0 Å². The van der Waals surface area contributed by atoms with Crippen LogP contribution in [-0.4, -0.2) is 33.9 Å². The number of para-hydroxylation sites is 2. The number of ether oxygens (including phenoxy) is 1. The van der Waals surface area contributed by atoms with Gasteiger partial charge < -0.3 is 14.7 Å². The van der Waals surface area contributed by atoms with Gasteiger partial charge in [-0.05, 0) is 31.0 Å². The van der Waals surface area contributed by atoms with E-state index >= 15 is 0 Å². The summed E-state index contributed by atoms with van der Waals surface area (Å²) in [4.78, 5) is 35.2. The lowest BCUT2D eigenvalue weighted by Gasteiger charge is -2.05. The highest BCUT2D eigenvalue weighted by atomic mass is 16.5. The molecule has 0 aliphatic carbocycles. The fourth-order valence-electron chi connectivity index (χ4n) is 2.93. The van der Waals surface area contributed by atoms with E-state index in [1.807, 2.05) is 31.2 Å². The molecule has 2 aromatic heterocycles. The van der Waals surface area contributed by atoms with E-state index in [-0.39, 0.29) is 5.91 Å². The van der Waals surface area contributed by atoms with Gasteiger partial charge in [0.15, 0.2) is 0 Å². The maximum atomic E-state index is 12.7. The zero-order valence-corrected chi connectivity index (χ0v) is 14.4. The highest BCUT2D eigenvalue weighted by Gasteiger charge is 2.25. The number of nitrogens with one attached hydrogen (secondary N) is 3. The fourth-order valence-corrected chi connectivity index (χ4v) is 2.93. The number of imidazole rings is 1. The fraction of sp³-hybridized carbons (Fsp3) is 0.278. The van der Waals surface area contributed by atoms with Crippen LogP contribution in [0.2, 0.25) is 0 Å². The molecule has 2 heterocycles. The van der Waals surface area contributed by atoms with Crippen molar-refractivity contribution in [1.29, 1.82) is 0 Å². The van der Waals surface area contributed by atoms with Crippen molar-refractivity contribution in [1.82, 2.24) is 15.0 Å². The largest absolute Gasteiger partial charge is 0.465 e. The van der Waals surface area contributed by atoms with Gasteiger partial charge in [-0.3, -0.25) is 10.1 Å². The van der Waals surface area contributed by atoms with Crippen molar-refractivity contribution in [2.24, 2.45) is 0 Å². The third-order valence-corrected chi connectivity index (χ3v) is 4.03. The highest BCUT2D eigenvalue weighted by Crippen LogP contribution is 2.23. The van der Waals surface area contributed by atoms with Gasteiger partial charge in [0.05, 0.1) is 23.7 Å². The topological polar surface area (TPSA) is 99.9 Å². The quantitative estimate of drug-likeness (QED) is 0.621. The van der Waals surface area contributed by atoms with Crippen LogP contribution in [-0.2, 0) is 11.2 Å². The second kappa shape index (κ2) is 6.80. The van der Waals surface area contributed by atoms with E-state index in [1.165, 1.54) is 7.11 Å². The van der Waals surface area contributed by atoms with Gasteiger partial charge in [0.1, 0.15) is 5.69 Å². The SMILES string of the molecule is CCCc1c(C(=O)Nc2nc3ccccc3[nH]2)[nH]c(C)c1C(=O)OC. The molecule has 0 spiro atoms. The number of aryl methyl sites for hydroxylation is 1. The molecular weight excluding hydrogens is 320 g/mol. The van der Waals surface area contributed by atoms with Gasteiger partial charge in [0.25, 0.3) is 5.91 Å². The molecule has 0 unspecified atom stereocenters. The van der Waals surface area contributed by atoms with Crippen molar-refractivity contribution in [2.45, 2.75) is 26.7 Å². The molecule has 130 valence electrons. The predicted molar refractivity (Wildman–Crippen MR) is 94.9 cm³/mol. The first-order valence-electron chi connectivity index (χ1n) is 8.11. The van der Waals surface area contributed by atoms with Gasteiger partial charge in [-0.25, -0.2) is 9.78 Å². The minimum Gasteiger partial charge on any atom is -0.465 e. The van der Waals surface area contributed by atoms with Crippen LogP contribution < -0.4 is 5.32 Å². The van der Waals surface area contributed by atoms with Crippen LogP contribution in [0.25, 0.3) is 11.0 Å². The number of rotatable bonds is 5. The molecule has 25 heavy (non-hydrogen) atoms. The zero-order chi connectivity index (χ0) is 18.0. The third-order valence-electron chi connectivity index (χ3n) is 4.03. The number of anilines is 1. The molecule has 0 aliphatic heterocycles. The summed E-state index contributed by atoms with van der Waals surface area (Å²) >= 11 is 0. The van der Waals surface area contributed by atoms with Crippen molar-refractivity contribution in [3.63, 3.8) is 0 Å². The number of aromatic nitrogens is 3. The van der Waals surface area contributed by atoms with Crippen molar-refractivity contribution >= 4 is 28.9 Å². The lowest BCUT2D eigenvalue weighted by molar-refractivity contribution is 0.0599. The van der Waals surface area contributed by atoms with E-state index in [4.69, 9.17) is 4.74 Å². The van der Waals surface area contributed by atoms with E-state index in [0.717, 1.165) is 17.5 Å². The Bertz CT molecular complexity index is 906. The molecule has 3 aromatic rings. The van der Waals surface area contributed by atoms with Gasteiger partial charge in [-0.2, -0.15) is 0 Å². The Hall–Kier alpha value is -3.09. The first kappa shape index (κ1) is 16.8. The van der Waals surface area contributed by atoms with Crippen LogP contribution in [0.15, 0.2) is 24.3 Å². The normalized spacial score (nSPS) is 10.8. The highest BCUT2D eigenvalue weighted by molar-refractivity contribution is 6.06. The standard InChI is InChI=1S/C18H20N4O3/c1-4-7-11-14(17(24)25-3)10(2)19-15(11)16(23)22-18-20-12-8-5-6-9-13(12)21-18/h5-6,8-9,19H,4,7H2,1-3H3,(H2,20,21,22,23). The molecule has 7 heteroatoms. The van der Waals surface area contributed by atoms with Crippen molar-refractivity contribution in [3.05, 3.63) is 46.8 Å². The number of carbonyl (C=O) groups excluding carboxylic acids is 2. The van der Waals surface area contributed by atoms with E-state index in [9.17, 15) is 9.59 Å². The van der Waals surface area contributed by atoms with E-state index in [2.05, 4.69) is 20.3 Å². The van der Waals surface area contributed by atoms with Gasteiger partial charge >= 0.3 is 5.97 Å². The first-order valence-corrected chi connectivity index (χ1v) is 8.11. The van der Waals surface area contributed by atoms with Gasteiger partial charge in [0.2, 0.25) is 5.95 Å². The number of carbonyl (C=O) groups is 2. The minimum atomic E-state index is -0.444. The number of esters is 1. The molecule has 3 N–H and O–H groups in total. The Balaban J connectivity index is 1.94. The molecular formula is C18H20N4O3. The van der Waals surface area contributed by atoms with Crippen LogP contribution in [0.4, 0.5) is 5.95 Å². The molecule has 0 radical (unpaired) electrons. The molecule has 0 aliphatic rings. The Kier molecular flexibility index (Phi) is 4.56. The average Bonchev–Trinajstić information content (AvgIpc) is 3.15. The van der Waals surface area contributed by atoms with Crippen LogP contribution in [0.1, 0.15) is 45.4 Å². The van der Waals surface area contributed by atoms with Crippen molar-refractivity contribution < 1.29 is 14.3 Å². The maximum absolute atomic E-state index is 12.7. The second-order valence-corrected chi connectivity index (χ2v) is 5.78. The molecule has 0 fully saturated rings.